The van der Waals surface area contributed by atoms with Gasteiger partial charge in [-0.15, -0.1) is 0 Å². The van der Waals surface area contributed by atoms with Crippen LogP contribution in [0.2, 0.25) is 0 Å². The summed E-state index contributed by atoms with van der Waals surface area (Å²) >= 11 is 0. The molecule has 1 aliphatic heterocycles. The fourth-order valence-corrected chi connectivity index (χ4v) is 2.45. The maximum atomic E-state index is 6.24. The van der Waals surface area contributed by atoms with Crippen molar-refractivity contribution in [2.45, 2.75) is 51.6 Å². The Morgan fingerprint density at radius 1 is 1.27 bits per heavy atom. The minimum atomic E-state index is 0.332. The summed E-state index contributed by atoms with van der Waals surface area (Å²) in [4.78, 5) is 2.52. The van der Waals surface area contributed by atoms with Gasteiger partial charge in [0.2, 0.25) is 0 Å². The fraction of sp³-hybridized carbons (Fsp3) is 1.00. The van der Waals surface area contributed by atoms with Crippen molar-refractivity contribution >= 4 is 0 Å². The van der Waals surface area contributed by atoms with E-state index in [0.717, 1.165) is 45.6 Å². The molecular weight excluding hydrogens is 188 g/mol. The molecule has 0 saturated carbocycles. The van der Waals surface area contributed by atoms with Crippen LogP contribution in [-0.2, 0) is 4.74 Å². The first-order chi connectivity index (χ1) is 7.29. The summed E-state index contributed by atoms with van der Waals surface area (Å²) < 4.78 is 5.48. The predicted molar refractivity (Wildman–Crippen MR) is 64.0 cm³/mol. The third kappa shape index (κ3) is 4.09. The molecular formula is C12H26N2O. The summed E-state index contributed by atoms with van der Waals surface area (Å²) in [5.41, 5.74) is 6.24. The van der Waals surface area contributed by atoms with Crippen LogP contribution in [0.1, 0.15) is 39.5 Å². The lowest BCUT2D eigenvalue weighted by atomic mass is 10.00. The Bertz CT molecular complexity index is 156. The largest absolute Gasteiger partial charge is 0.380 e. The summed E-state index contributed by atoms with van der Waals surface area (Å²) in [5, 5.41) is 0. The molecule has 1 heterocycles. The van der Waals surface area contributed by atoms with E-state index in [2.05, 4.69) is 18.7 Å². The van der Waals surface area contributed by atoms with E-state index in [1.54, 1.807) is 0 Å². The highest BCUT2D eigenvalue weighted by molar-refractivity contribution is 4.81. The molecule has 2 unspecified atom stereocenters. The molecule has 0 aromatic carbocycles. The molecule has 3 heteroatoms. The average molecular weight is 214 g/mol. The molecule has 0 bridgehead atoms. The second kappa shape index (κ2) is 7.20. The number of rotatable bonds is 5. The molecule has 0 radical (unpaired) electrons. The van der Waals surface area contributed by atoms with Gasteiger partial charge in [-0.1, -0.05) is 20.3 Å². The van der Waals surface area contributed by atoms with Crippen molar-refractivity contribution in [3.05, 3.63) is 0 Å². The lowest BCUT2D eigenvalue weighted by molar-refractivity contribution is 0.123. The van der Waals surface area contributed by atoms with Gasteiger partial charge in [0.15, 0.2) is 0 Å². The Kier molecular flexibility index (Phi) is 6.22. The van der Waals surface area contributed by atoms with Gasteiger partial charge >= 0.3 is 0 Å². The topological polar surface area (TPSA) is 38.5 Å². The molecule has 90 valence electrons. The van der Waals surface area contributed by atoms with Gasteiger partial charge in [0.05, 0.1) is 6.61 Å². The van der Waals surface area contributed by atoms with Crippen molar-refractivity contribution in [3.8, 4) is 0 Å². The van der Waals surface area contributed by atoms with E-state index < -0.39 is 0 Å². The number of hydrogen-bond donors (Lipinski definition) is 1. The first kappa shape index (κ1) is 12.9. The van der Waals surface area contributed by atoms with Gasteiger partial charge in [-0.3, -0.25) is 4.90 Å². The minimum absolute atomic E-state index is 0.332. The van der Waals surface area contributed by atoms with Gasteiger partial charge in [0, 0.05) is 31.8 Å². The zero-order chi connectivity index (χ0) is 11.1. The van der Waals surface area contributed by atoms with Crippen LogP contribution in [0.3, 0.4) is 0 Å². The van der Waals surface area contributed by atoms with Gasteiger partial charge in [-0.25, -0.2) is 0 Å². The van der Waals surface area contributed by atoms with Crippen molar-refractivity contribution in [3.63, 3.8) is 0 Å². The number of nitrogens with zero attached hydrogens (tertiary/aromatic N) is 1. The first-order valence-corrected chi connectivity index (χ1v) is 6.37. The van der Waals surface area contributed by atoms with Gasteiger partial charge in [0.25, 0.3) is 0 Å². The molecule has 3 nitrogen and oxygen atoms in total. The maximum Gasteiger partial charge on any atom is 0.0593 e. The van der Waals surface area contributed by atoms with Crippen LogP contribution in [0.4, 0.5) is 0 Å². The van der Waals surface area contributed by atoms with E-state index in [0.29, 0.717) is 12.1 Å². The van der Waals surface area contributed by atoms with E-state index in [-0.39, 0.29) is 0 Å². The Morgan fingerprint density at radius 2 is 2.07 bits per heavy atom. The van der Waals surface area contributed by atoms with Gasteiger partial charge in [-0.2, -0.15) is 0 Å². The number of nitrogens with two attached hydrogens (primary N) is 1. The van der Waals surface area contributed by atoms with Crippen LogP contribution in [0.25, 0.3) is 0 Å². The molecule has 0 amide bonds. The molecule has 15 heavy (non-hydrogen) atoms. The Hall–Kier alpha value is -0.120. The Morgan fingerprint density at radius 3 is 2.73 bits per heavy atom. The van der Waals surface area contributed by atoms with Crippen LogP contribution >= 0.6 is 0 Å². The molecule has 2 N–H and O–H groups in total. The summed E-state index contributed by atoms with van der Waals surface area (Å²) in [5.74, 6) is 0. The molecule has 1 aliphatic rings. The quantitative estimate of drug-likeness (QED) is 0.755. The zero-order valence-electron chi connectivity index (χ0n) is 10.2. The monoisotopic (exact) mass is 214 g/mol. The average Bonchev–Trinajstić information content (AvgIpc) is 2.48. The van der Waals surface area contributed by atoms with Crippen LogP contribution in [0.15, 0.2) is 0 Å². The van der Waals surface area contributed by atoms with Crippen molar-refractivity contribution in [2.24, 2.45) is 5.73 Å². The van der Waals surface area contributed by atoms with Gasteiger partial charge in [-0.05, 0) is 19.3 Å². The van der Waals surface area contributed by atoms with E-state index in [9.17, 15) is 0 Å². The maximum absolute atomic E-state index is 6.24. The summed E-state index contributed by atoms with van der Waals surface area (Å²) in [6, 6.07) is 0.879. The van der Waals surface area contributed by atoms with E-state index in [1.807, 2.05) is 0 Å². The fourth-order valence-electron chi connectivity index (χ4n) is 2.45. The van der Waals surface area contributed by atoms with Crippen LogP contribution in [0, 0.1) is 0 Å². The third-order valence-corrected chi connectivity index (χ3v) is 3.26. The first-order valence-electron chi connectivity index (χ1n) is 6.37. The highest BCUT2D eigenvalue weighted by Gasteiger charge is 2.23. The molecule has 1 saturated heterocycles. The summed E-state index contributed by atoms with van der Waals surface area (Å²) in [6.07, 6.45) is 4.62. The SMILES string of the molecule is CCCC(N)C(CC)N1CCCOCC1. The molecule has 1 rings (SSSR count). The van der Waals surface area contributed by atoms with Crippen molar-refractivity contribution in [1.82, 2.24) is 4.90 Å². The molecule has 1 fully saturated rings. The highest BCUT2D eigenvalue weighted by Crippen LogP contribution is 2.13. The minimum Gasteiger partial charge on any atom is -0.380 e. The molecule has 0 aliphatic carbocycles. The molecule has 0 spiro atoms. The molecule has 2 atom stereocenters. The van der Waals surface area contributed by atoms with Crippen LogP contribution in [-0.4, -0.2) is 43.3 Å². The second-order valence-corrected chi connectivity index (χ2v) is 4.43. The standard InChI is InChI=1S/C12H26N2O/c1-3-6-11(13)12(4-2)14-7-5-9-15-10-8-14/h11-12H,3-10,13H2,1-2H3. The lowest BCUT2D eigenvalue weighted by Gasteiger charge is -2.33. The normalized spacial score (nSPS) is 23.4. The smallest absolute Gasteiger partial charge is 0.0593 e. The van der Waals surface area contributed by atoms with E-state index in [4.69, 9.17) is 10.5 Å². The predicted octanol–water partition coefficient (Wildman–Crippen LogP) is 1.61. The van der Waals surface area contributed by atoms with E-state index in [1.165, 1.54) is 6.42 Å². The summed E-state index contributed by atoms with van der Waals surface area (Å²) in [6.45, 7) is 8.43. The highest BCUT2D eigenvalue weighted by atomic mass is 16.5. The van der Waals surface area contributed by atoms with Crippen molar-refractivity contribution in [2.75, 3.05) is 26.3 Å². The van der Waals surface area contributed by atoms with E-state index >= 15 is 0 Å². The third-order valence-electron chi connectivity index (χ3n) is 3.26. The molecule has 0 aromatic rings. The van der Waals surface area contributed by atoms with Crippen molar-refractivity contribution in [1.29, 1.82) is 0 Å². The lowest BCUT2D eigenvalue weighted by Crippen LogP contribution is -2.48. The second-order valence-electron chi connectivity index (χ2n) is 4.43. The Balaban J connectivity index is 2.47. The zero-order valence-corrected chi connectivity index (χ0v) is 10.2. The van der Waals surface area contributed by atoms with Gasteiger partial charge in [0.1, 0.15) is 0 Å². The Labute approximate surface area is 94.0 Å². The summed E-state index contributed by atoms with van der Waals surface area (Å²) in [7, 11) is 0. The number of hydrogen-bond acceptors (Lipinski definition) is 3. The van der Waals surface area contributed by atoms with Crippen LogP contribution in [0.5, 0.6) is 0 Å². The van der Waals surface area contributed by atoms with Crippen LogP contribution < -0.4 is 5.73 Å². The van der Waals surface area contributed by atoms with Gasteiger partial charge < -0.3 is 10.5 Å². The van der Waals surface area contributed by atoms with Crippen molar-refractivity contribution < 1.29 is 4.74 Å². The molecule has 0 aromatic heterocycles. The number of ether oxygens (including phenoxy) is 1.